The summed E-state index contributed by atoms with van der Waals surface area (Å²) in [7, 11) is 0. The summed E-state index contributed by atoms with van der Waals surface area (Å²) in [6.07, 6.45) is 0. The van der Waals surface area contributed by atoms with Crippen LogP contribution in [0.2, 0.25) is 0 Å². The van der Waals surface area contributed by atoms with E-state index in [1.165, 1.54) is 16.2 Å². The fourth-order valence-electron chi connectivity index (χ4n) is 6.82. The molecule has 0 fully saturated rings. The quantitative estimate of drug-likeness (QED) is 0.184. The van der Waals surface area contributed by atoms with E-state index in [9.17, 15) is 0 Å². The van der Waals surface area contributed by atoms with Gasteiger partial charge in [-0.05, 0) is 57.9 Å². The van der Waals surface area contributed by atoms with Crippen LogP contribution < -0.4 is 0 Å². The standard InChI is InChI=1S/C42H25N5O/c1-2-12-28(13-3-1)39-44-40(46-42(45-39)47-36-19-8-6-15-31(36)32-16-7-9-20-37(32)47)33-17-10-18-35-38(33)48-41(43-35)29-24-23-27-22-21-26-11-4-5-14-30(26)34(27)25-29/h1-25H. The highest BCUT2D eigenvalue weighted by atomic mass is 16.3. The summed E-state index contributed by atoms with van der Waals surface area (Å²) < 4.78 is 8.72. The summed E-state index contributed by atoms with van der Waals surface area (Å²) in [6.45, 7) is 0. The minimum absolute atomic E-state index is 0.513. The van der Waals surface area contributed by atoms with E-state index in [1.54, 1.807) is 0 Å². The van der Waals surface area contributed by atoms with Crippen LogP contribution >= 0.6 is 0 Å². The molecule has 0 saturated carbocycles. The number of hydrogen-bond acceptors (Lipinski definition) is 5. The first-order valence-corrected chi connectivity index (χ1v) is 15.9. The van der Waals surface area contributed by atoms with Crippen LogP contribution in [0.1, 0.15) is 0 Å². The first kappa shape index (κ1) is 26.5. The smallest absolute Gasteiger partial charge is 0.238 e. The van der Waals surface area contributed by atoms with Gasteiger partial charge in [-0.15, -0.1) is 0 Å². The van der Waals surface area contributed by atoms with Crippen molar-refractivity contribution < 1.29 is 4.42 Å². The van der Waals surface area contributed by atoms with Crippen molar-refractivity contribution in [1.82, 2.24) is 24.5 Å². The van der Waals surface area contributed by atoms with Crippen LogP contribution in [-0.4, -0.2) is 24.5 Å². The number of fused-ring (bicyclic) bond motifs is 7. The SMILES string of the molecule is c1ccc(-c2nc(-c3cccc4nc(-c5ccc6ccc7ccccc7c6c5)oc34)nc(-n3c4ccccc4c4ccccc43)n2)cc1. The highest BCUT2D eigenvalue weighted by molar-refractivity contribution is 6.10. The van der Waals surface area contributed by atoms with Gasteiger partial charge in [0.25, 0.3) is 0 Å². The van der Waals surface area contributed by atoms with E-state index in [4.69, 9.17) is 24.4 Å². The molecule has 10 aromatic rings. The van der Waals surface area contributed by atoms with E-state index < -0.39 is 0 Å². The molecule has 224 valence electrons. The largest absolute Gasteiger partial charge is 0.435 e. The van der Waals surface area contributed by atoms with Gasteiger partial charge in [0.05, 0.1) is 16.6 Å². The Labute approximate surface area is 274 Å². The normalized spacial score (nSPS) is 11.8. The van der Waals surface area contributed by atoms with Crippen LogP contribution in [0, 0.1) is 0 Å². The summed E-state index contributed by atoms with van der Waals surface area (Å²) in [4.78, 5) is 20.2. The second kappa shape index (κ2) is 10.4. The number of nitrogens with zero attached hydrogens (tertiary/aromatic N) is 5. The highest BCUT2D eigenvalue weighted by Crippen LogP contribution is 2.36. The zero-order valence-corrected chi connectivity index (χ0v) is 25.6. The molecule has 3 aromatic heterocycles. The first-order valence-electron chi connectivity index (χ1n) is 15.9. The highest BCUT2D eigenvalue weighted by Gasteiger charge is 2.20. The predicted molar refractivity (Wildman–Crippen MR) is 193 cm³/mol. The number of benzene rings is 7. The monoisotopic (exact) mass is 615 g/mol. The van der Waals surface area contributed by atoms with Crippen LogP contribution in [0.25, 0.3) is 94.6 Å². The second-order valence-electron chi connectivity index (χ2n) is 11.9. The molecule has 6 heteroatoms. The molecule has 6 nitrogen and oxygen atoms in total. The Balaban J connectivity index is 1.19. The zero-order chi connectivity index (χ0) is 31.6. The summed E-state index contributed by atoms with van der Waals surface area (Å²) in [6, 6.07) is 51.8. The van der Waals surface area contributed by atoms with Crippen molar-refractivity contribution in [2.45, 2.75) is 0 Å². The van der Waals surface area contributed by atoms with Gasteiger partial charge in [-0.3, -0.25) is 4.57 Å². The molecule has 0 N–H and O–H groups in total. The van der Waals surface area contributed by atoms with E-state index in [2.05, 4.69) is 95.6 Å². The molecule has 7 aromatic carbocycles. The molecular formula is C42H25N5O. The van der Waals surface area contributed by atoms with E-state index in [0.29, 0.717) is 29.1 Å². The molecule has 0 bridgehead atoms. The Bertz CT molecular complexity index is 2800. The Hall–Kier alpha value is -6.66. The van der Waals surface area contributed by atoms with Gasteiger partial charge in [0, 0.05) is 21.9 Å². The third-order valence-electron chi connectivity index (χ3n) is 9.09. The van der Waals surface area contributed by atoms with Gasteiger partial charge in [-0.1, -0.05) is 115 Å². The third kappa shape index (κ3) is 4.13. The van der Waals surface area contributed by atoms with Crippen LogP contribution in [0.5, 0.6) is 0 Å². The average Bonchev–Trinajstić information content (AvgIpc) is 3.75. The Morgan fingerprint density at radius 1 is 0.438 bits per heavy atom. The van der Waals surface area contributed by atoms with Gasteiger partial charge in [0.15, 0.2) is 17.2 Å². The number of para-hydroxylation sites is 3. The van der Waals surface area contributed by atoms with Gasteiger partial charge in [0.1, 0.15) is 5.52 Å². The maximum Gasteiger partial charge on any atom is 0.238 e. The molecule has 0 spiro atoms. The lowest BCUT2D eigenvalue weighted by Crippen LogP contribution is -2.06. The van der Waals surface area contributed by atoms with Crippen LogP contribution in [0.3, 0.4) is 0 Å². The molecule has 0 radical (unpaired) electrons. The number of oxazole rings is 1. The molecule has 0 amide bonds. The minimum atomic E-state index is 0.513. The van der Waals surface area contributed by atoms with E-state index in [1.807, 2.05) is 60.7 Å². The van der Waals surface area contributed by atoms with Gasteiger partial charge >= 0.3 is 0 Å². The maximum atomic E-state index is 6.60. The minimum Gasteiger partial charge on any atom is -0.435 e. The summed E-state index contributed by atoms with van der Waals surface area (Å²) >= 11 is 0. The Morgan fingerprint density at radius 2 is 1.08 bits per heavy atom. The summed E-state index contributed by atoms with van der Waals surface area (Å²) in [5.74, 6) is 2.18. The molecule has 0 saturated heterocycles. The molecule has 0 atom stereocenters. The van der Waals surface area contributed by atoms with Crippen molar-refractivity contribution in [1.29, 1.82) is 0 Å². The van der Waals surface area contributed by atoms with Crippen molar-refractivity contribution in [3.05, 3.63) is 152 Å². The fourth-order valence-corrected chi connectivity index (χ4v) is 6.82. The summed E-state index contributed by atoms with van der Waals surface area (Å²) in [5.41, 5.74) is 5.98. The predicted octanol–water partition coefficient (Wildman–Crippen LogP) is 10.4. The van der Waals surface area contributed by atoms with Crippen LogP contribution in [0.4, 0.5) is 0 Å². The molecule has 0 aliphatic heterocycles. The maximum absolute atomic E-state index is 6.60. The van der Waals surface area contributed by atoms with Gasteiger partial charge in [-0.2, -0.15) is 9.97 Å². The molecule has 0 aliphatic carbocycles. The number of hydrogen-bond donors (Lipinski definition) is 0. The molecular weight excluding hydrogens is 590 g/mol. The van der Waals surface area contributed by atoms with Crippen molar-refractivity contribution in [3.63, 3.8) is 0 Å². The molecule has 10 rings (SSSR count). The van der Waals surface area contributed by atoms with Crippen LogP contribution in [0.15, 0.2) is 156 Å². The lowest BCUT2D eigenvalue weighted by Gasteiger charge is -2.11. The lowest BCUT2D eigenvalue weighted by atomic mass is 10.00. The van der Waals surface area contributed by atoms with Gasteiger partial charge in [-0.25, -0.2) is 9.97 Å². The topological polar surface area (TPSA) is 69.6 Å². The molecule has 3 heterocycles. The fraction of sp³-hybridized carbons (Fsp3) is 0. The average molecular weight is 616 g/mol. The first-order chi connectivity index (χ1) is 23.8. The van der Waals surface area contributed by atoms with Crippen molar-refractivity contribution in [2.24, 2.45) is 0 Å². The Morgan fingerprint density at radius 3 is 1.88 bits per heavy atom. The Kier molecular flexibility index (Phi) is 5.77. The van der Waals surface area contributed by atoms with E-state index in [0.717, 1.165) is 49.4 Å². The molecule has 0 aliphatic rings. The van der Waals surface area contributed by atoms with Crippen LogP contribution in [-0.2, 0) is 0 Å². The van der Waals surface area contributed by atoms with Gasteiger partial charge < -0.3 is 4.42 Å². The number of rotatable bonds is 4. The summed E-state index contributed by atoms with van der Waals surface area (Å²) in [5, 5.41) is 7.01. The van der Waals surface area contributed by atoms with Crippen molar-refractivity contribution >= 4 is 54.5 Å². The second-order valence-corrected chi connectivity index (χ2v) is 11.9. The third-order valence-corrected chi connectivity index (χ3v) is 9.09. The molecule has 0 unspecified atom stereocenters. The zero-order valence-electron chi connectivity index (χ0n) is 25.6. The van der Waals surface area contributed by atoms with Crippen molar-refractivity contribution in [3.8, 4) is 40.2 Å². The lowest BCUT2D eigenvalue weighted by molar-refractivity contribution is 0.620. The van der Waals surface area contributed by atoms with Gasteiger partial charge in [0.2, 0.25) is 11.8 Å². The number of aromatic nitrogens is 5. The van der Waals surface area contributed by atoms with E-state index >= 15 is 0 Å². The van der Waals surface area contributed by atoms with Crippen molar-refractivity contribution in [2.75, 3.05) is 0 Å². The molecule has 48 heavy (non-hydrogen) atoms. The van der Waals surface area contributed by atoms with E-state index in [-0.39, 0.29) is 0 Å².